The molecule has 0 bridgehead atoms. The van der Waals surface area contributed by atoms with Crippen LogP contribution >= 0.6 is 11.6 Å². The molecule has 2 heterocycles. The number of halogens is 1. The molecule has 1 aromatic heterocycles. The Hall–Kier alpha value is -3.07. The number of benzene rings is 1. The van der Waals surface area contributed by atoms with Crippen molar-refractivity contribution in [1.29, 1.82) is 0 Å². The number of aliphatic carboxylic acids is 2. The maximum atomic E-state index is 12.0. The molecule has 10 heteroatoms. The Kier molecular flexibility index (Phi) is 6.56. The smallest absolute Gasteiger partial charge is 0.414 e. The van der Waals surface area contributed by atoms with Crippen LogP contribution in [0, 0.1) is 0 Å². The fourth-order valence-electron chi connectivity index (χ4n) is 2.21. The number of aromatic nitrogens is 2. The van der Waals surface area contributed by atoms with Crippen LogP contribution in [0.4, 0.5) is 4.79 Å². The van der Waals surface area contributed by atoms with Gasteiger partial charge in [-0.1, -0.05) is 29.8 Å². The third-order valence-electron chi connectivity index (χ3n) is 3.53. The highest BCUT2D eigenvalue weighted by Crippen LogP contribution is 2.18. The van der Waals surface area contributed by atoms with E-state index in [9.17, 15) is 4.79 Å². The second kappa shape index (κ2) is 8.86. The third kappa shape index (κ3) is 5.21. The van der Waals surface area contributed by atoms with Crippen LogP contribution in [0.5, 0.6) is 0 Å². The Balaban J connectivity index is 0.000000352. The molecule has 0 radical (unpaired) electrons. The minimum Gasteiger partial charge on any atom is -0.473 e. The summed E-state index contributed by atoms with van der Waals surface area (Å²) < 4.78 is 5.31. The van der Waals surface area contributed by atoms with Crippen LogP contribution in [0.3, 0.4) is 0 Å². The fourth-order valence-corrected chi connectivity index (χ4v) is 2.40. The third-order valence-corrected chi connectivity index (χ3v) is 3.89. The summed E-state index contributed by atoms with van der Waals surface area (Å²) in [5.41, 5.74) is 2.81. The average Bonchev–Trinajstić information content (AvgIpc) is 3.09. The van der Waals surface area contributed by atoms with Crippen LogP contribution in [0.1, 0.15) is 17.0 Å². The van der Waals surface area contributed by atoms with Gasteiger partial charge in [0.05, 0.1) is 24.3 Å². The molecule has 0 spiro atoms. The molecular formula is C16H16ClN3O6. The van der Waals surface area contributed by atoms with E-state index in [1.807, 2.05) is 18.2 Å². The van der Waals surface area contributed by atoms with Crippen molar-refractivity contribution < 1.29 is 29.3 Å². The summed E-state index contributed by atoms with van der Waals surface area (Å²) in [5, 5.41) is 15.4. The van der Waals surface area contributed by atoms with E-state index in [1.165, 1.54) is 0 Å². The zero-order chi connectivity index (χ0) is 19.1. The van der Waals surface area contributed by atoms with E-state index in [-0.39, 0.29) is 12.7 Å². The number of nitrogens with zero attached hydrogens (tertiary/aromatic N) is 2. The van der Waals surface area contributed by atoms with Crippen molar-refractivity contribution in [2.45, 2.75) is 19.6 Å². The van der Waals surface area contributed by atoms with Crippen molar-refractivity contribution in [1.82, 2.24) is 14.9 Å². The van der Waals surface area contributed by atoms with E-state index >= 15 is 0 Å². The standard InChI is InChI=1S/C14H14ClN3O2.C2H2O4/c15-11-4-2-1-3-10(11)8-20-14(19)18-6-5-12-13(7-18)17-9-16-12;3-1(4)2(5)6/h1-4,9H,5-8H2,(H,16,17);(H,3,4)(H,5,6). The summed E-state index contributed by atoms with van der Waals surface area (Å²) in [4.78, 5) is 39.2. The van der Waals surface area contributed by atoms with Crippen molar-refractivity contribution in [2.75, 3.05) is 6.54 Å². The Labute approximate surface area is 153 Å². The van der Waals surface area contributed by atoms with Crippen molar-refractivity contribution in [2.24, 2.45) is 0 Å². The van der Waals surface area contributed by atoms with Gasteiger partial charge in [-0.05, 0) is 6.07 Å². The molecule has 0 saturated heterocycles. The van der Waals surface area contributed by atoms with Crippen molar-refractivity contribution in [3.05, 3.63) is 52.6 Å². The molecule has 1 aliphatic rings. The van der Waals surface area contributed by atoms with Crippen LogP contribution in [0.25, 0.3) is 0 Å². The van der Waals surface area contributed by atoms with E-state index in [4.69, 9.17) is 36.1 Å². The normalized spacial score (nSPS) is 12.4. The van der Waals surface area contributed by atoms with Gasteiger partial charge < -0.3 is 24.8 Å². The van der Waals surface area contributed by atoms with E-state index in [1.54, 1.807) is 17.3 Å². The molecule has 1 aliphatic heterocycles. The van der Waals surface area contributed by atoms with Gasteiger partial charge in [-0.15, -0.1) is 0 Å². The molecule has 138 valence electrons. The van der Waals surface area contributed by atoms with Crippen molar-refractivity contribution >= 4 is 29.6 Å². The number of aromatic amines is 1. The summed E-state index contributed by atoms with van der Waals surface area (Å²) in [6, 6.07) is 7.34. The second-order valence-corrected chi connectivity index (χ2v) is 5.66. The molecule has 26 heavy (non-hydrogen) atoms. The number of carbonyl (C=O) groups excluding carboxylic acids is 1. The first-order valence-corrected chi connectivity index (χ1v) is 7.88. The van der Waals surface area contributed by atoms with E-state index in [0.717, 1.165) is 23.4 Å². The molecule has 1 aromatic carbocycles. The number of hydrogen-bond acceptors (Lipinski definition) is 5. The molecule has 9 nitrogen and oxygen atoms in total. The van der Waals surface area contributed by atoms with Gasteiger partial charge in [0.15, 0.2) is 0 Å². The molecular weight excluding hydrogens is 366 g/mol. The molecule has 0 fully saturated rings. The lowest BCUT2D eigenvalue weighted by atomic mass is 10.1. The first-order chi connectivity index (χ1) is 12.4. The predicted molar refractivity (Wildman–Crippen MR) is 89.6 cm³/mol. The van der Waals surface area contributed by atoms with Gasteiger partial charge in [0.1, 0.15) is 6.61 Å². The first kappa shape index (κ1) is 19.3. The number of ether oxygens (including phenoxy) is 1. The average molecular weight is 382 g/mol. The Morgan fingerprint density at radius 1 is 1.23 bits per heavy atom. The van der Waals surface area contributed by atoms with Crippen LogP contribution in [-0.4, -0.2) is 49.7 Å². The van der Waals surface area contributed by atoms with Crippen molar-refractivity contribution in [3.63, 3.8) is 0 Å². The van der Waals surface area contributed by atoms with Crippen molar-refractivity contribution in [3.8, 4) is 0 Å². The number of carboxylic acid groups (broad SMARTS) is 2. The lowest BCUT2D eigenvalue weighted by Crippen LogP contribution is -2.36. The van der Waals surface area contributed by atoms with Gasteiger partial charge in [-0.25, -0.2) is 19.4 Å². The number of nitrogens with one attached hydrogen (secondary N) is 1. The summed E-state index contributed by atoms with van der Waals surface area (Å²) in [6.45, 7) is 1.32. The molecule has 3 rings (SSSR count). The second-order valence-electron chi connectivity index (χ2n) is 5.26. The predicted octanol–water partition coefficient (Wildman–Crippen LogP) is 1.91. The molecule has 3 N–H and O–H groups in total. The SMILES string of the molecule is O=C(O)C(=O)O.O=C(OCc1ccccc1Cl)N1CCc2nc[nH]c2C1. The molecule has 0 aliphatic carbocycles. The molecule has 0 unspecified atom stereocenters. The molecule has 2 aromatic rings. The van der Waals surface area contributed by atoms with E-state index < -0.39 is 11.9 Å². The maximum Gasteiger partial charge on any atom is 0.414 e. The number of fused-ring (bicyclic) bond motifs is 1. The number of carboxylic acids is 2. The first-order valence-electron chi connectivity index (χ1n) is 7.51. The maximum absolute atomic E-state index is 12.0. The highest BCUT2D eigenvalue weighted by atomic mass is 35.5. The van der Waals surface area contributed by atoms with E-state index in [0.29, 0.717) is 18.1 Å². The van der Waals surface area contributed by atoms with Gasteiger partial charge in [0.2, 0.25) is 0 Å². The molecule has 0 atom stereocenters. The minimum atomic E-state index is -1.82. The minimum absolute atomic E-state index is 0.185. The van der Waals surface area contributed by atoms with Gasteiger partial charge in [-0.2, -0.15) is 0 Å². The number of carbonyl (C=O) groups is 3. The number of imidazole rings is 1. The highest BCUT2D eigenvalue weighted by molar-refractivity contribution is 6.31. The fraction of sp³-hybridized carbons (Fsp3) is 0.250. The Morgan fingerprint density at radius 2 is 1.92 bits per heavy atom. The van der Waals surface area contributed by atoms with Gasteiger partial charge in [0, 0.05) is 23.6 Å². The number of hydrogen-bond donors (Lipinski definition) is 3. The number of H-pyrrole nitrogens is 1. The summed E-state index contributed by atoms with van der Waals surface area (Å²) in [6.07, 6.45) is 2.08. The van der Waals surface area contributed by atoms with Crippen LogP contribution < -0.4 is 0 Å². The van der Waals surface area contributed by atoms with Crippen LogP contribution in [-0.2, 0) is 33.9 Å². The van der Waals surface area contributed by atoms with Crippen LogP contribution in [0.15, 0.2) is 30.6 Å². The topological polar surface area (TPSA) is 133 Å². The summed E-state index contributed by atoms with van der Waals surface area (Å²) >= 11 is 6.03. The summed E-state index contributed by atoms with van der Waals surface area (Å²) in [5.74, 6) is -3.65. The number of amides is 1. The Bertz CT molecular complexity index is 795. The quantitative estimate of drug-likeness (QED) is 0.676. The zero-order valence-corrected chi connectivity index (χ0v) is 14.3. The lowest BCUT2D eigenvalue weighted by molar-refractivity contribution is -0.159. The largest absolute Gasteiger partial charge is 0.473 e. The molecule has 1 amide bonds. The van der Waals surface area contributed by atoms with Gasteiger partial charge >= 0.3 is 18.0 Å². The molecule has 0 saturated carbocycles. The van der Waals surface area contributed by atoms with E-state index in [2.05, 4.69) is 9.97 Å². The van der Waals surface area contributed by atoms with Gasteiger partial charge in [-0.3, -0.25) is 0 Å². The van der Waals surface area contributed by atoms with Crippen LogP contribution in [0.2, 0.25) is 5.02 Å². The summed E-state index contributed by atoms with van der Waals surface area (Å²) in [7, 11) is 0. The number of rotatable bonds is 2. The van der Waals surface area contributed by atoms with Gasteiger partial charge in [0.25, 0.3) is 0 Å². The zero-order valence-electron chi connectivity index (χ0n) is 13.5. The lowest BCUT2D eigenvalue weighted by Gasteiger charge is -2.25. The monoisotopic (exact) mass is 381 g/mol. The Morgan fingerprint density at radius 3 is 2.58 bits per heavy atom. The highest BCUT2D eigenvalue weighted by Gasteiger charge is 2.23.